The van der Waals surface area contributed by atoms with Crippen molar-refractivity contribution in [2.75, 3.05) is 11.5 Å². The maximum absolute atomic E-state index is 4.33. The van der Waals surface area contributed by atoms with Gasteiger partial charge >= 0.3 is 0 Å². The van der Waals surface area contributed by atoms with Gasteiger partial charge in [-0.15, -0.1) is 11.8 Å². The molecule has 36 heavy (non-hydrogen) atoms. The Morgan fingerprint density at radius 2 is 1.22 bits per heavy atom. The molecule has 0 amide bonds. The molecule has 1 aliphatic carbocycles. The smallest absolute Gasteiger partial charge is 0.0703 e. The molecule has 0 bridgehead atoms. The molecule has 0 aromatic heterocycles. The van der Waals surface area contributed by atoms with E-state index in [0.717, 1.165) is 23.6 Å². The minimum Gasteiger partial charge on any atom is -0.277 e. The van der Waals surface area contributed by atoms with Crippen molar-refractivity contribution < 1.29 is 0 Å². The molecule has 2 saturated heterocycles. The molecular weight excluding hydrogens is 475 g/mol. The van der Waals surface area contributed by atoms with Gasteiger partial charge in [0.15, 0.2) is 0 Å². The van der Waals surface area contributed by atoms with Crippen LogP contribution in [0.1, 0.15) is 163 Å². The maximum atomic E-state index is 4.33. The molecule has 0 spiro atoms. The average molecular weight is 538 g/mol. The Kier molecular flexibility index (Phi) is 12.9. The molecule has 0 aromatic rings. The molecule has 0 aromatic carbocycles. The van der Waals surface area contributed by atoms with Crippen molar-refractivity contribution in [1.82, 2.24) is 4.90 Å². The minimum absolute atomic E-state index is 0.263. The van der Waals surface area contributed by atoms with Crippen molar-refractivity contribution in [3.8, 4) is 0 Å². The van der Waals surface area contributed by atoms with E-state index in [-0.39, 0.29) is 4.87 Å². The monoisotopic (exact) mass is 537 g/mol. The molecule has 3 heteroatoms. The fourth-order valence-electron chi connectivity index (χ4n) is 8.35. The van der Waals surface area contributed by atoms with Crippen LogP contribution < -0.4 is 0 Å². The lowest BCUT2D eigenvalue weighted by molar-refractivity contribution is 0.0103. The molecule has 1 nitrogen and oxygen atoms in total. The topological polar surface area (TPSA) is 3.01 Å². The van der Waals surface area contributed by atoms with Gasteiger partial charge in [0.1, 0.15) is 0 Å². The molecule has 2 aliphatic heterocycles. The van der Waals surface area contributed by atoms with Crippen LogP contribution in [0.2, 0.25) is 0 Å². The van der Waals surface area contributed by atoms with Crippen molar-refractivity contribution in [3.05, 3.63) is 0 Å². The Morgan fingerprint density at radius 1 is 0.694 bits per heavy atom. The summed E-state index contributed by atoms with van der Waals surface area (Å²) in [5.74, 6) is 4.28. The van der Waals surface area contributed by atoms with E-state index in [1.165, 1.54) is 134 Å². The lowest BCUT2D eigenvalue weighted by atomic mass is 9.61. The van der Waals surface area contributed by atoms with E-state index >= 15 is 0 Å². The van der Waals surface area contributed by atoms with Crippen LogP contribution in [0.15, 0.2) is 0 Å². The fourth-order valence-corrected chi connectivity index (χ4v) is 10.3. The summed E-state index contributed by atoms with van der Waals surface area (Å²) in [4.78, 5) is 3.29. The van der Waals surface area contributed by atoms with Crippen molar-refractivity contribution in [3.63, 3.8) is 0 Å². The first-order valence-electron chi connectivity index (χ1n) is 16.3. The van der Waals surface area contributed by atoms with Gasteiger partial charge in [-0.3, -0.25) is 4.90 Å². The zero-order chi connectivity index (χ0) is 26.1. The summed E-state index contributed by atoms with van der Waals surface area (Å²) in [7, 11) is 0. The van der Waals surface area contributed by atoms with Crippen LogP contribution in [0.25, 0.3) is 0 Å². The lowest BCUT2D eigenvalue weighted by Gasteiger charge is -2.54. The first-order valence-corrected chi connectivity index (χ1v) is 17.9. The zero-order valence-corrected chi connectivity index (χ0v) is 26.8. The maximum Gasteiger partial charge on any atom is 0.0703 e. The van der Waals surface area contributed by atoms with E-state index in [9.17, 15) is 0 Å². The number of nitrogens with zero attached hydrogens (tertiary/aromatic N) is 1. The zero-order valence-electron chi connectivity index (χ0n) is 25.1. The third kappa shape index (κ3) is 7.65. The predicted molar refractivity (Wildman–Crippen MR) is 168 cm³/mol. The summed E-state index contributed by atoms with van der Waals surface area (Å²) in [6, 6.07) is 0.735. The van der Waals surface area contributed by atoms with Gasteiger partial charge < -0.3 is 0 Å². The summed E-state index contributed by atoms with van der Waals surface area (Å²) in [6.45, 7) is 13.2. The van der Waals surface area contributed by atoms with Crippen molar-refractivity contribution in [1.29, 1.82) is 0 Å². The Hall–Kier alpha value is 0.660. The summed E-state index contributed by atoms with van der Waals surface area (Å²) in [5, 5.41) is 0. The third-order valence-electron chi connectivity index (χ3n) is 11.2. The molecule has 0 N–H and O–H groups in total. The summed E-state index contributed by atoms with van der Waals surface area (Å²) >= 11 is 6.68. The molecule has 6 atom stereocenters. The Bertz CT molecular complexity index is 621. The molecular formula is C33H63NS2. The van der Waals surface area contributed by atoms with Gasteiger partial charge in [-0.2, -0.15) is 12.6 Å². The van der Waals surface area contributed by atoms with Crippen LogP contribution in [0, 0.1) is 17.3 Å². The Morgan fingerprint density at radius 3 is 1.86 bits per heavy atom. The van der Waals surface area contributed by atoms with Crippen LogP contribution in [0.3, 0.4) is 0 Å². The normalized spacial score (nSPS) is 37.2. The van der Waals surface area contributed by atoms with Gasteiger partial charge in [0.25, 0.3) is 0 Å². The Labute approximate surface area is 236 Å². The van der Waals surface area contributed by atoms with E-state index in [0.29, 0.717) is 11.0 Å². The first-order chi connectivity index (χ1) is 17.3. The second-order valence-corrected chi connectivity index (χ2v) is 15.8. The van der Waals surface area contributed by atoms with Crippen LogP contribution in [-0.4, -0.2) is 32.9 Å². The summed E-state index contributed by atoms with van der Waals surface area (Å²) in [5.41, 5.74) is 0.780. The fraction of sp³-hybridized carbons (Fsp3) is 1.00. The average Bonchev–Trinajstić information content (AvgIpc) is 3.41. The molecule has 1 saturated carbocycles. The molecule has 0 radical (unpaired) electrons. The highest BCUT2D eigenvalue weighted by atomic mass is 32.2. The predicted octanol–water partition coefficient (Wildman–Crippen LogP) is 10.9. The minimum atomic E-state index is 0.263. The van der Waals surface area contributed by atoms with Crippen LogP contribution >= 0.6 is 24.4 Å². The van der Waals surface area contributed by atoms with Crippen LogP contribution in [-0.2, 0) is 0 Å². The van der Waals surface area contributed by atoms with E-state index in [2.05, 4.69) is 63.9 Å². The van der Waals surface area contributed by atoms with Crippen LogP contribution in [0.5, 0.6) is 0 Å². The van der Waals surface area contributed by atoms with E-state index < -0.39 is 0 Å². The summed E-state index contributed by atoms with van der Waals surface area (Å²) in [6.07, 6.45) is 28.8. The highest BCUT2D eigenvalue weighted by Gasteiger charge is 2.67. The largest absolute Gasteiger partial charge is 0.277 e. The highest BCUT2D eigenvalue weighted by Crippen LogP contribution is 2.63. The first kappa shape index (κ1) is 31.2. The number of fused-ring (bicyclic) bond motifs is 1. The van der Waals surface area contributed by atoms with Gasteiger partial charge in [-0.1, -0.05) is 117 Å². The molecule has 4 unspecified atom stereocenters. The van der Waals surface area contributed by atoms with Crippen LogP contribution in [0.4, 0.5) is 0 Å². The highest BCUT2D eigenvalue weighted by molar-refractivity contribution is 8.00. The molecule has 212 valence electrons. The van der Waals surface area contributed by atoms with E-state index in [1.54, 1.807) is 0 Å². The van der Waals surface area contributed by atoms with E-state index in [1.807, 2.05) is 0 Å². The number of thiol groups is 1. The van der Waals surface area contributed by atoms with Crippen molar-refractivity contribution >= 4 is 24.4 Å². The van der Waals surface area contributed by atoms with Gasteiger partial charge in [0.05, 0.1) is 4.87 Å². The van der Waals surface area contributed by atoms with Crippen molar-refractivity contribution in [2.45, 2.75) is 179 Å². The SMILES string of the molecule is C[C@H]1N([C@]2(C)SCCCCCCC3CCCCC3C2(C)C)C1(C)CCCCCCCCCCCCS. The van der Waals surface area contributed by atoms with Gasteiger partial charge in [-0.25, -0.2) is 0 Å². The number of unbranched alkanes of at least 4 members (excludes halogenated alkanes) is 9. The van der Waals surface area contributed by atoms with Gasteiger partial charge in [0, 0.05) is 11.6 Å². The molecule has 2 heterocycles. The number of rotatable bonds is 13. The van der Waals surface area contributed by atoms with Gasteiger partial charge in [0.2, 0.25) is 0 Å². The number of hydrogen-bond acceptors (Lipinski definition) is 3. The molecule has 3 rings (SSSR count). The van der Waals surface area contributed by atoms with Gasteiger partial charge in [-0.05, 0) is 75.2 Å². The number of thioether (sulfide) groups is 1. The quantitative estimate of drug-likeness (QED) is 0.141. The second-order valence-electron chi connectivity index (χ2n) is 13.8. The lowest BCUT2D eigenvalue weighted by Crippen LogP contribution is -2.54. The molecule has 3 aliphatic rings. The second kappa shape index (κ2) is 14.9. The molecule has 3 fully saturated rings. The third-order valence-corrected chi connectivity index (χ3v) is 13.3. The summed E-state index contributed by atoms with van der Waals surface area (Å²) < 4.78 is 0. The van der Waals surface area contributed by atoms with E-state index in [4.69, 9.17) is 0 Å². The van der Waals surface area contributed by atoms with Crippen molar-refractivity contribution in [2.24, 2.45) is 17.3 Å². The Balaban J connectivity index is 1.53. The standard InChI is InChI=1S/C33H63NS2/c1-28-32(4,25-19-13-10-8-6-7-9-11-14-20-26-35)34(28)33(5)31(2,3)30-24-18-17-23-29(30)22-16-12-15-21-27-36-33/h28-30,35H,6-27H2,1-5H3/t28-,29?,30?,32?,33-,34?/m1/s1. The number of hydrogen-bond donors (Lipinski definition) is 1.